The van der Waals surface area contributed by atoms with E-state index >= 15 is 0 Å². The Morgan fingerprint density at radius 2 is 2.00 bits per heavy atom. The molecule has 0 aromatic rings. The van der Waals surface area contributed by atoms with E-state index in [0.29, 0.717) is 23.7 Å². The van der Waals surface area contributed by atoms with Gasteiger partial charge in [-0.05, 0) is 55.3 Å². The van der Waals surface area contributed by atoms with Crippen LogP contribution in [-0.2, 0) is 9.59 Å². The van der Waals surface area contributed by atoms with Crippen molar-refractivity contribution < 1.29 is 9.59 Å². The summed E-state index contributed by atoms with van der Waals surface area (Å²) in [6.07, 6.45) is 9.06. The number of ketones is 1. The molecule has 2 aliphatic heterocycles. The van der Waals surface area contributed by atoms with Crippen molar-refractivity contribution in [3.8, 4) is 0 Å². The molecule has 2 heterocycles. The zero-order valence-electron chi connectivity index (χ0n) is 17.8. The van der Waals surface area contributed by atoms with Crippen molar-refractivity contribution in [3.05, 3.63) is 11.8 Å². The summed E-state index contributed by atoms with van der Waals surface area (Å²) in [5.74, 6) is 3.47. The molecule has 2 saturated carbocycles. The Morgan fingerprint density at radius 3 is 2.79 bits per heavy atom. The number of carbonyl (C=O) groups is 2. The molecule has 1 unspecified atom stereocenters. The molecule has 2 N–H and O–H groups in total. The Balaban J connectivity index is 1.37. The van der Waals surface area contributed by atoms with E-state index in [9.17, 15) is 9.59 Å². The number of hydrogen-bond acceptors (Lipinski definition) is 5. The van der Waals surface area contributed by atoms with Crippen molar-refractivity contribution >= 4 is 23.5 Å². The second-order valence-corrected chi connectivity index (χ2v) is 11.8. The Morgan fingerprint density at radius 1 is 1.21 bits per heavy atom. The molecule has 4 fully saturated rings. The Hall–Kier alpha value is -1.01. The van der Waals surface area contributed by atoms with Gasteiger partial charge in [0, 0.05) is 48.3 Å². The summed E-state index contributed by atoms with van der Waals surface area (Å²) >= 11 is 1.92. The van der Waals surface area contributed by atoms with Gasteiger partial charge in [0.2, 0.25) is 5.91 Å². The van der Waals surface area contributed by atoms with Crippen LogP contribution in [-0.4, -0.2) is 47.8 Å². The third kappa shape index (κ3) is 3.25. The Kier molecular flexibility index (Phi) is 5.01. The minimum Gasteiger partial charge on any atom is -0.387 e. The van der Waals surface area contributed by atoms with E-state index in [2.05, 4.69) is 24.6 Å². The van der Waals surface area contributed by atoms with Crippen molar-refractivity contribution in [2.75, 3.05) is 31.1 Å². The number of allylic oxidation sites excluding steroid dienone is 2. The van der Waals surface area contributed by atoms with Crippen LogP contribution >= 0.6 is 11.8 Å². The highest BCUT2D eigenvalue weighted by atomic mass is 32.2. The zero-order chi connectivity index (χ0) is 20.2. The number of rotatable bonds is 2. The Bertz CT molecular complexity index is 734. The number of fused-ring (bicyclic) bond motifs is 5. The number of piperidine rings is 1. The molecular formula is C23H35N3O2S. The predicted octanol–water partition coefficient (Wildman–Crippen LogP) is 2.98. The molecule has 5 aliphatic rings. The molecule has 0 radical (unpaired) electrons. The lowest BCUT2D eigenvalue weighted by molar-refractivity contribution is -0.139. The average Bonchev–Trinajstić information content (AvgIpc) is 3.10. The summed E-state index contributed by atoms with van der Waals surface area (Å²) in [6, 6.07) is 0. The summed E-state index contributed by atoms with van der Waals surface area (Å²) in [5.41, 5.74) is 4.58. The van der Waals surface area contributed by atoms with Crippen molar-refractivity contribution in [1.29, 1.82) is 0 Å². The minimum atomic E-state index is -0.546. The fourth-order valence-corrected chi connectivity index (χ4v) is 8.26. The van der Waals surface area contributed by atoms with E-state index in [4.69, 9.17) is 0 Å². The number of nitrogens with one attached hydrogen (secondary N) is 2. The molecule has 1 amide bonds. The summed E-state index contributed by atoms with van der Waals surface area (Å²) in [5, 5.41) is 5.66. The summed E-state index contributed by atoms with van der Waals surface area (Å²) in [6.45, 7) is 7.56. The van der Waals surface area contributed by atoms with Gasteiger partial charge in [-0.3, -0.25) is 15.0 Å². The Labute approximate surface area is 178 Å². The quantitative estimate of drug-likeness (QED) is 0.677. The molecular weight excluding hydrogens is 382 g/mol. The second kappa shape index (κ2) is 7.30. The SMILES string of the molecule is C[C@@]12CCC[C@H]1[C@@H]1CNC3=CC(=O)C(C(=O)NN4CCSCC4)C[C@]3(C)[C@@H]1CC2. The van der Waals surface area contributed by atoms with Crippen LogP contribution in [0.1, 0.15) is 52.4 Å². The maximum atomic E-state index is 13.1. The average molecular weight is 418 g/mol. The smallest absolute Gasteiger partial charge is 0.245 e. The van der Waals surface area contributed by atoms with Gasteiger partial charge in [0.05, 0.1) is 0 Å². The molecule has 5 nitrogen and oxygen atoms in total. The number of carbonyl (C=O) groups excluding carboxylic acids is 2. The number of nitrogens with zero attached hydrogens (tertiary/aromatic N) is 1. The van der Waals surface area contributed by atoms with Gasteiger partial charge in [0.25, 0.3) is 0 Å². The van der Waals surface area contributed by atoms with Crippen LogP contribution in [0.5, 0.6) is 0 Å². The predicted molar refractivity (Wildman–Crippen MR) is 116 cm³/mol. The van der Waals surface area contributed by atoms with Gasteiger partial charge in [-0.25, -0.2) is 5.01 Å². The molecule has 0 bridgehead atoms. The maximum Gasteiger partial charge on any atom is 0.245 e. The molecule has 5 rings (SSSR count). The van der Waals surface area contributed by atoms with Gasteiger partial charge in [-0.2, -0.15) is 11.8 Å². The number of hydrogen-bond donors (Lipinski definition) is 2. The fourth-order valence-electron chi connectivity index (χ4n) is 7.36. The second-order valence-electron chi connectivity index (χ2n) is 10.6. The van der Waals surface area contributed by atoms with Crippen LogP contribution < -0.4 is 10.7 Å². The third-order valence-corrected chi connectivity index (χ3v) is 9.98. The van der Waals surface area contributed by atoms with Crippen LogP contribution in [0.2, 0.25) is 0 Å². The molecule has 160 valence electrons. The molecule has 6 heteroatoms. The van der Waals surface area contributed by atoms with Gasteiger partial charge < -0.3 is 5.32 Å². The molecule has 29 heavy (non-hydrogen) atoms. The van der Waals surface area contributed by atoms with Crippen molar-refractivity contribution in [1.82, 2.24) is 15.8 Å². The van der Waals surface area contributed by atoms with E-state index < -0.39 is 5.92 Å². The van der Waals surface area contributed by atoms with E-state index in [1.54, 1.807) is 6.08 Å². The lowest BCUT2D eigenvalue weighted by atomic mass is 9.50. The summed E-state index contributed by atoms with van der Waals surface area (Å²) in [4.78, 5) is 25.9. The van der Waals surface area contributed by atoms with Gasteiger partial charge in [0.1, 0.15) is 5.92 Å². The van der Waals surface area contributed by atoms with E-state index in [0.717, 1.165) is 42.8 Å². The first-order valence-electron chi connectivity index (χ1n) is 11.5. The maximum absolute atomic E-state index is 13.1. The molecule has 2 saturated heterocycles. The van der Waals surface area contributed by atoms with Gasteiger partial charge in [0.15, 0.2) is 5.78 Å². The van der Waals surface area contributed by atoms with Crippen LogP contribution in [0.25, 0.3) is 0 Å². The monoisotopic (exact) mass is 417 g/mol. The topological polar surface area (TPSA) is 61.4 Å². The highest BCUT2D eigenvalue weighted by molar-refractivity contribution is 7.99. The first-order chi connectivity index (χ1) is 13.9. The normalized spacial score (nSPS) is 44.8. The standard InChI is InChI=1S/C23H35N3O2S/c1-22-6-3-4-17(22)16-14-24-20-12-19(27)15(13-23(20,2)18(16)5-7-22)21(28)25-26-8-10-29-11-9-26/h12,15-18,24H,3-11,13-14H2,1-2H3,(H,25,28)/t15?,16-,17-,18+,22-,23+/m0/s1. The third-order valence-electron chi connectivity index (χ3n) is 9.03. The van der Waals surface area contributed by atoms with Crippen LogP contribution in [0, 0.1) is 34.5 Å². The lowest BCUT2D eigenvalue weighted by Gasteiger charge is -2.58. The van der Waals surface area contributed by atoms with Crippen LogP contribution in [0.4, 0.5) is 0 Å². The van der Waals surface area contributed by atoms with Gasteiger partial charge in [-0.1, -0.05) is 20.3 Å². The summed E-state index contributed by atoms with van der Waals surface area (Å²) in [7, 11) is 0. The largest absolute Gasteiger partial charge is 0.387 e. The molecule has 0 aromatic heterocycles. The van der Waals surface area contributed by atoms with Crippen molar-refractivity contribution in [2.24, 2.45) is 34.5 Å². The van der Waals surface area contributed by atoms with E-state index in [1.165, 1.54) is 32.1 Å². The minimum absolute atomic E-state index is 0.0196. The fraction of sp³-hybridized carbons (Fsp3) is 0.826. The number of amides is 1. The molecule has 0 spiro atoms. The van der Waals surface area contributed by atoms with Crippen LogP contribution in [0.3, 0.4) is 0 Å². The highest BCUT2D eigenvalue weighted by Gasteiger charge is 2.58. The van der Waals surface area contributed by atoms with Crippen molar-refractivity contribution in [3.63, 3.8) is 0 Å². The highest BCUT2D eigenvalue weighted by Crippen LogP contribution is 2.62. The lowest BCUT2D eigenvalue weighted by Crippen LogP contribution is -2.58. The van der Waals surface area contributed by atoms with Gasteiger partial charge >= 0.3 is 0 Å². The summed E-state index contributed by atoms with van der Waals surface area (Å²) < 4.78 is 0. The number of thioether (sulfide) groups is 1. The molecule has 6 atom stereocenters. The number of hydrazine groups is 1. The molecule has 0 aromatic carbocycles. The van der Waals surface area contributed by atoms with Crippen LogP contribution in [0.15, 0.2) is 11.8 Å². The molecule has 3 aliphatic carbocycles. The van der Waals surface area contributed by atoms with Gasteiger partial charge in [-0.15, -0.1) is 0 Å². The van der Waals surface area contributed by atoms with E-state index in [1.807, 2.05) is 16.8 Å². The van der Waals surface area contributed by atoms with Crippen molar-refractivity contribution in [2.45, 2.75) is 52.4 Å². The van der Waals surface area contributed by atoms with E-state index in [-0.39, 0.29) is 17.1 Å². The first-order valence-corrected chi connectivity index (χ1v) is 12.7. The zero-order valence-corrected chi connectivity index (χ0v) is 18.7. The first kappa shape index (κ1) is 19.9.